The third kappa shape index (κ3) is 6.81. The van der Waals surface area contributed by atoms with Crippen molar-refractivity contribution >= 4 is 6.16 Å². The molecule has 0 heterocycles. The first-order chi connectivity index (χ1) is 15.1. The summed E-state index contributed by atoms with van der Waals surface area (Å²) in [5.74, 6) is 1.51. The van der Waals surface area contributed by atoms with Crippen LogP contribution in [-0.2, 0) is 4.74 Å². The summed E-state index contributed by atoms with van der Waals surface area (Å²) >= 11 is 0. The van der Waals surface area contributed by atoms with Crippen LogP contribution in [-0.4, -0.2) is 12.8 Å². The summed E-state index contributed by atoms with van der Waals surface area (Å²) in [5, 5.41) is 0. The highest BCUT2D eigenvalue weighted by molar-refractivity contribution is 5.67. The molecular weight excluding hydrogens is 391 g/mol. The zero-order chi connectivity index (χ0) is 22.1. The minimum Gasteiger partial charge on any atom is -0.434 e. The van der Waals surface area contributed by atoms with Crippen LogP contribution in [0.3, 0.4) is 0 Å². The molecule has 31 heavy (non-hydrogen) atoms. The van der Waals surface area contributed by atoms with Crippen LogP contribution in [0.4, 0.5) is 9.18 Å². The summed E-state index contributed by atoms with van der Waals surface area (Å²) in [7, 11) is 0. The Balaban J connectivity index is 1.58. The molecule has 1 fully saturated rings. The van der Waals surface area contributed by atoms with Crippen molar-refractivity contribution in [1.82, 2.24) is 0 Å². The van der Waals surface area contributed by atoms with E-state index in [1.54, 1.807) is 30.3 Å². The molecule has 1 saturated carbocycles. The average molecular weight is 427 g/mol. The molecule has 0 unspecified atom stereocenters. The molecule has 0 aromatic heterocycles. The highest BCUT2D eigenvalue weighted by Gasteiger charge is 2.23. The number of hydrogen-bond donors (Lipinski definition) is 0. The van der Waals surface area contributed by atoms with E-state index >= 15 is 0 Å². The minimum atomic E-state index is -0.717. The topological polar surface area (TPSA) is 35.5 Å². The fourth-order valence-electron chi connectivity index (χ4n) is 4.50. The van der Waals surface area contributed by atoms with Crippen molar-refractivity contribution in [3.05, 3.63) is 53.8 Å². The number of hydrogen-bond acceptors (Lipinski definition) is 3. The van der Waals surface area contributed by atoms with Gasteiger partial charge < -0.3 is 9.47 Å². The van der Waals surface area contributed by atoms with Crippen molar-refractivity contribution in [2.45, 2.75) is 77.6 Å². The summed E-state index contributed by atoms with van der Waals surface area (Å²) < 4.78 is 24.9. The predicted octanol–water partition coefficient (Wildman–Crippen LogP) is 8.27. The third-order valence-corrected chi connectivity index (χ3v) is 6.32. The molecule has 4 heteroatoms. The number of ether oxygens (including phenoxy) is 2. The van der Waals surface area contributed by atoms with E-state index in [9.17, 15) is 9.18 Å². The van der Waals surface area contributed by atoms with Gasteiger partial charge in [-0.15, -0.1) is 0 Å². The van der Waals surface area contributed by atoms with Gasteiger partial charge in [0.05, 0.1) is 6.61 Å². The number of carbonyl (C=O) groups is 1. The molecule has 0 amide bonds. The molecule has 0 bridgehead atoms. The van der Waals surface area contributed by atoms with Gasteiger partial charge in [0, 0.05) is 5.56 Å². The second-order valence-electron chi connectivity index (χ2n) is 8.68. The molecule has 168 valence electrons. The van der Waals surface area contributed by atoms with E-state index < -0.39 is 6.16 Å². The molecule has 0 spiro atoms. The molecule has 0 saturated heterocycles. The van der Waals surface area contributed by atoms with Crippen molar-refractivity contribution < 1.29 is 18.7 Å². The predicted molar refractivity (Wildman–Crippen MR) is 123 cm³/mol. The molecule has 0 aliphatic heterocycles. The van der Waals surface area contributed by atoms with E-state index in [1.165, 1.54) is 38.5 Å². The minimum absolute atomic E-state index is 0.196. The first-order valence-corrected chi connectivity index (χ1v) is 11.8. The van der Waals surface area contributed by atoms with E-state index in [-0.39, 0.29) is 5.82 Å². The van der Waals surface area contributed by atoms with Gasteiger partial charge in [0.15, 0.2) is 0 Å². The largest absolute Gasteiger partial charge is 0.513 e. The molecule has 0 N–H and O–H groups in total. The first kappa shape index (κ1) is 23.3. The second kappa shape index (κ2) is 11.9. The zero-order valence-corrected chi connectivity index (χ0v) is 18.9. The number of unbranched alkanes of at least 4 members (excludes halogenated alkanes) is 2. The Bertz CT molecular complexity index is 823. The van der Waals surface area contributed by atoms with Crippen LogP contribution < -0.4 is 4.74 Å². The first-order valence-electron chi connectivity index (χ1n) is 11.8. The maximum atomic E-state index is 14.9. The van der Waals surface area contributed by atoms with Crippen molar-refractivity contribution in [2.24, 2.45) is 5.92 Å². The number of rotatable bonds is 9. The summed E-state index contributed by atoms with van der Waals surface area (Å²) in [6, 6.07) is 12.5. The van der Waals surface area contributed by atoms with Crippen LogP contribution in [0.1, 0.15) is 83.1 Å². The van der Waals surface area contributed by atoms with Crippen molar-refractivity contribution in [1.29, 1.82) is 0 Å². The lowest BCUT2D eigenvalue weighted by Crippen LogP contribution is -2.13. The van der Waals surface area contributed by atoms with E-state index in [0.717, 1.165) is 36.3 Å². The lowest BCUT2D eigenvalue weighted by Gasteiger charge is -2.29. The molecule has 1 aliphatic carbocycles. The van der Waals surface area contributed by atoms with Crippen LogP contribution in [0, 0.1) is 11.7 Å². The van der Waals surface area contributed by atoms with Crippen LogP contribution in [0.2, 0.25) is 0 Å². The maximum Gasteiger partial charge on any atom is 0.513 e. The van der Waals surface area contributed by atoms with Crippen LogP contribution in [0.15, 0.2) is 42.5 Å². The molecule has 0 radical (unpaired) electrons. The molecule has 3 nitrogen and oxygen atoms in total. The second-order valence-corrected chi connectivity index (χ2v) is 8.68. The Morgan fingerprint density at radius 1 is 0.968 bits per heavy atom. The molecule has 2 aromatic rings. The zero-order valence-electron chi connectivity index (χ0n) is 18.9. The Hall–Kier alpha value is -2.36. The van der Waals surface area contributed by atoms with Gasteiger partial charge in [0.1, 0.15) is 11.6 Å². The molecule has 1 aliphatic rings. The van der Waals surface area contributed by atoms with Crippen molar-refractivity contribution in [3.63, 3.8) is 0 Å². The number of halogens is 1. The highest BCUT2D eigenvalue weighted by atomic mass is 19.1. The Kier molecular flexibility index (Phi) is 8.93. The van der Waals surface area contributed by atoms with Gasteiger partial charge in [-0.25, -0.2) is 9.18 Å². The summed E-state index contributed by atoms with van der Waals surface area (Å²) in [6.45, 7) is 4.50. The normalized spacial score (nSPS) is 18.5. The summed E-state index contributed by atoms with van der Waals surface area (Å²) in [5.41, 5.74) is 2.45. The van der Waals surface area contributed by atoms with Gasteiger partial charge in [-0.1, -0.05) is 63.8 Å². The summed E-state index contributed by atoms with van der Waals surface area (Å²) in [4.78, 5) is 11.5. The van der Waals surface area contributed by atoms with E-state index in [2.05, 4.69) is 13.0 Å². The molecular formula is C27H35FO3. The van der Waals surface area contributed by atoms with Crippen LogP contribution in [0.5, 0.6) is 5.75 Å². The van der Waals surface area contributed by atoms with E-state index in [4.69, 9.17) is 9.47 Å². The molecule has 0 atom stereocenters. The maximum absolute atomic E-state index is 14.9. The number of benzene rings is 2. The van der Waals surface area contributed by atoms with Gasteiger partial charge in [-0.05, 0) is 73.3 Å². The third-order valence-electron chi connectivity index (χ3n) is 6.32. The average Bonchev–Trinajstić information content (AvgIpc) is 2.79. The number of carbonyl (C=O) groups excluding carboxylic acids is 1. The Morgan fingerprint density at radius 3 is 2.35 bits per heavy atom. The Morgan fingerprint density at radius 2 is 1.71 bits per heavy atom. The van der Waals surface area contributed by atoms with E-state index in [1.807, 2.05) is 13.0 Å². The Labute approximate surface area is 186 Å². The van der Waals surface area contributed by atoms with Gasteiger partial charge in [0.25, 0.3) is 0 Å². The van der Waals surface area contributed by atoms with Gasteiger partial charge in [0.2, 0.25) is 0 Å². The quantitative estimate of drug-likeness (QED) is 0.230. The van der Waals surface area contributed by atoms with Crippen molar-refractivity contribution in [2.75, 3.05) is 6.61 Å². The summed E-state index contributed by atoms with van der Waals surface area (Å²) in [6.07, 6.45) is 10.2. The van der Waals surface area contributed by atoms with Gasteiger partial charge >= 0.3 is 6.16 Å². The molecule has 2 aromatic carbocycles. The molecule has 3 rings (SSSR count). The highest BCUT2D eigenvalue weighted by Crippen LogP contribution is 2.39. The van der Waals surface area contributed by atoms with Gasteiger partial charge in [-0.2, -0.15) is 0 Å². The monoisotopic (exact) mass is 426 g/mol. The SMILES string of the molecule is CCCCCC1CCC(c2ccc(-c3ccc(OC(=O)OCCC)cc3)c(F)c2)CC1. The van der Waals surface area contributed by atoms with Crippen LogP contribution in [0.25, 0.3) is 11.1 Å². The lowest BCUT2D eigenvalue weighted by molar-refractivity contribution is 0.0992. The fourth-order valence-corrected chi connectivity index (χ4v) is 4.50. The standard InChI is InChI=1S/C27H35FO3/c1-3-5-6-7-20-8-10-21(11-9-20)23-14-17-25(26(28)19-23)22-12-15-24(16-13-22)31-27(29)30-18-4-2/h12-17,19-21H,3-11,18H2,1-2H3. The smallest absolute Gasteiger partial charge is 0.434 e. The van der Waals surface area contributed by atoms with E-state index in [0.29, 0.717) is 23.8 Å². The van der Waals surface area contributed by atoms with Crippen molar-refractivity contribution in [3.8, 4) is 16.9 Å². The fraction of sp³-hybridized carbons (Fsp3) is 0.519. The van der Waals surface area contributed by atoms with Gasteiger partial charge in [-0.3, -0.25) is 0 Å². The van der Waals surface area contributed by atoms with Crippen LogP contribution >= 0.6 is 0 Å². The lowest BCUT2D eigenvalue weighted by atomic mass is 9.77.